The third kappa shape index (κ3) is 4.91. The minimum atomic E-state index is -3.16. The number of carbonyl (C=O) groups is 1. The number of sulfonamides is 1. The number of rotatable bonds is 5. The molecule has 6 nitrogen and oxygen atoms in total. The quantitative estimate of drug-likeness (QED) is 0.765. The molecule has 0 aliphatic carbocycles. The van der Waals surface area contributed by atoms with Gasteiger partial charge in [0, 0.05) is 25.7 Å². The third-order valence-corrected chi connectivity index (χ3v) is 3.71. The molecule has 0 aromatic carbocycles. The molecule has 106 valence electrons. The summed E-state index contributed by atoms with van der Waals surface area (Å²) in [4.78, 5) is 13.7. The lowest BCUT2D eigenvalue weighted by molar-refractivity contribution is -0.143. The van der Waals surface area contributed by atoms with E-state index in [1.54, 1.807) is 11.8 Å². The van der Waals surface area contributed by atoms with Crippen molar-refractivity contribution in [2.24, 2.45) is 0 Å². The van der Waals surface area contributed by atoms with Crippen LogP contribution in [0.3, 0.4) is 0 Å². The number of ether oxygens (including phenoxy) is 1. The first-order valence-electron chi connectivity index (χ1n) is 6.21. The van der Waals surface area contributed by atoms with Crippen molar-refractivity contribution in [3.8, 4) is 0 Å². The van der Waals surface area contributed by atoms with E-state index in [9.17, 15) is 13.2 Å². The van der Waals surface area contributed by atoms with Crippen LogP contribution in [0.5, 0.6) is 0 Å². The number of nitrogens with zero attached hydrogens (tertiary/aromatic N) is 1. The van der Waals surface area contributed by atoms with E-state index in [2.05, 4.69) is 4.72 Å². The number of hydrogen-bond donors (Lipinski definition) is 1. The van der Waals surface area contributed by atoms with Crippen molar-refractivity contribution in [3.63, 3.8) is 0 Å². The molecule has 1 saturated heterocycles. The zero-order chi connectivity index (χ0) is 13.8. The van der Waals surface area contributed by atoms with Crippen molar-refractivity contribution >= 4 is 15.9 Å². The second-order valence-electron chi connectivity index (χ2n) is 4.59. The summed E-state index contributed by atoms with van der Waals surface area (Å²) in [5, 5.41) is 0. The monoisotopic (exact) mass is 278 g/mol. The molecule has 1 fully saturated rings. The number of hydrogen-bond acceptors (Lipinski definition) is 4. The molecule has 7 heteroatoms. The highest BCUT2D eigenvalue weighted by molar-refractivity contribution is 7.88. The summed E-state index contributed by atoms with van der Waals surface area (Å²) >= 11 is 0. The molecule has 1 atom stereocenters. The zero-order valence-corrected chi connectivity index (χ0v) is 12.0. The lowest BCUT2D eigenvalue weighted by Crippen LogP contribution is -2.48. The van der Waals surface area contributed by atoms with Gasteiger partial charge in [-0.05, 0) is 26.7 Å². The molecule has 0 radical (unpaired) electrons. The fourth-order valence-corrected chi connectivity index (χ4v) is 2.94. The first kappa shape index (κ1) is 15.4. The van der Waals surface area contributed by atoms with Gasteiger partial charge in [0.1, 0.15) is 6.10 Å². The number of carbonyl (C=O) groups excluding carboxylic acids is 1. The standard InChI is InChI=1S/C11H22N2O4S/c1-4-17-9(2)11(14)13-7-5-10(6-8-13)12-18(3,15)16/h9-10,12H,4-8H2,1-3H3/t9-/m0/s1. The predicted molar refractivity (Wildman–Crippen MR) is 68.7 cm³/mol. The van der Waals surface area contributed by atoms with Crippen LogP contribution >= 0.6 is 0 Å². The first-order valence-corrected chi connectivity index (χ1v) is 8.10. The maximum atomic E-state index is 11.9. The van der Waals surface area contributed by atoms with Crippen LogP contribution in [0, 0.1) is 0 Å². The highest BCUT2D eigenvalue weighted by atomic mass is 32.2. The summed E-state index contributed by atoms with van der Waals surface area (Å²) in [5.74, 6) is -0.0188. The zero-order valence-electron chi connectivity index (χ0n) is 11.2. The average molecular weight is 278 g/mol. The molecular formula is C11H22N2O4S. The molecule has 18 heavy (non-hydrogen) atoms. The molecular weight excluding hydrogens is 256 g/mol. The number of piperidine rings is 1. The van der Waals surface area contributed by atoms with Crippen molar-refractivity contribution in [2.75, 3.05) is 26.0 Å². The Morgan fingerprint density at radius 3 is 2.44 bits per heavy atom. The normalized spacial score (nSPS) is 19.8. The molecule has 1 N–H and O–H groups in total. The van der Waals surface area contributed by atoms with Gasteiger partial charge in [-0.15, -0.1) is 0 Å². The molecule has 1 amide bonds. The highest BCUT2D eigenvalue weighted by Crippen LogP contribution is 2.13. The van der Waals surface area contributed by atoms with Crippen LogP contribution in [-0.2, 0) is 19.6 Å². The molecule has 1 aliphatic rings. The van der Waals surface area contributed by atoms with Gasteiger partial charge in [-0.2, -0.15) is 0 Å². The smallest absolute Gasteiger partial charge is 0.251 e. The topological polar surface area (TPSA) is 75.7 Å². The second-order valence-corrected chi connectivity index (χ2v) is 6.37. The van der Waals surface area contributed by atoms with Crippen LogP contribution in [0.25, 0.3) is 0 Å². The Morgan fingerprint density at radius 2 is 2.00 bits per heavy atom. The van der Waals surface area contributed by atoms with Crippen LogP contribution in [-0.4, -0.2) is 57.3 Å². The lowest BCUT2D eigenvalue weighted by Gasteiger charge is -2.33. The Kier molecular flexibility index (Phi) is 5.55. The summed E-state index contributed by atoms with van der Waals surface area (Å²) in [6.07, 6.45) is 2.03. The highest BCUT2D eigenvalue weighted by Gasteiger charge is 2.27. The van der Waals surface area contributed by atoms with E-state index in [0.29, 0.717) is 32.5 Å². The van der Waals surface area contributed by atoms with Crippen LogP contribution in [0.1, 0.15) is 26.7 Å². The van der Waals surface area contributed by atoms with Gasteiger partial charge in [0.2, 0.25) is 10.0 Å². The molecule has 0 saturated carbocycles. The average Bonchev–Trinajstić information content (AvgIpc) is 2.27. The van der Waals surface area contributed by atoms with Crippen LogP contribution in [0.2, 0.25) is 0 Å². The Bertz CT molecular complexity index is 375. The summed E-state index contributed by atoms with van der Waals surface area (Å²) in [6.45, 7) is 5.25. The Labute approximate surface area is 109 Å². The summed E-state index contributed by atoms with van der Waals surface area (Å²) < 4.78 is 30.0. The van der Waals surface area contributed by atoms with Crippen LogP contribution in [0.15, 0.2) is 0 Å². The summed E-state index contributed by atoms with van der Waals surface area (Å²) in [5.41, 5.74) is 0. The van der Waals surface area contributed by atoms with E-state index >= 15 is 0 Å². The Morgan fingerprint density at radius 1 is 1.44 bits per heavy atom. The Balaban J connectivity index is 2.42. The minimum Gasteiger partial charge on any atom is -0.369 e. The minimum absolute atomic E-state index is 0.0188. The molecule has 0 aromatic rings. The summed E-state index contributed by atoms with van der Waals surface area (Å²) in [7, 11) is -3.16. The molecule has 1 rings (SSSR count). The molecule has 1 heterocycles. The molecule has 0 aromatic heterocycles. The second kappa shape index (κ2) is 6.49. The number of amides is 1. The largest absolute Gasteiger partial charge is 0.369 e. The van der Waals surface area contributed by atoms with E-state index in [0.717, 1.165) is 6.26 Å². The third-order valence-electron chi connectivity index (χ3n) is 2.95. The molecule has 0 bridgehead atoms. The van der Waals surface area contributed by atoms with Gasteiger partial charge in [-0.25, -0.2) is 13.1 Å². The maximum Gasteiger partial charge on any atom is 0.251 e. The summed E-state index contributed by atoms with van der Waals surface area (Å²) in [6, 6.07) is -0.0635. The fraction of sp³-hybridized carbons (Fsp3) is 0.909. The van der Waals surface area contributed by atoms with Crippen molar-refractivity contribution in [3.05, 3.63) is 0 Å². The van der Waals surface area contributed by atoms with Crippen molar-refractivity contribution in [1.82, 2.24) is 9.62 Å². The fourth-order valence-electron chi connectivity index (χ4n) is 2.10. The van der Waals surface area contributed by atoms with Crippen molar-refractivity contribution < 1.29 is 17.9 Å². The predicted octanol–water partition coefficient (Wildman–Crippen LogP) is -0.0484. The van der Waals surface area contributed by atoms with E-state index < -0.39 is 16.1 Å². The van der Waals surface area contributed by atoms with Crippen LogP contribution < -0.4 is 4.72 Å². The van der Waals surface area contributed by atoms with E-state index in [-0.39, 0.29) is 11.9 Å². The molecule has 1 aliphatic heterocycles. The van der Waals surface area contributed by atoms with Crippen molar-refractivity contribution in [2.45, 2.75) is 38.8 Å². The van der Waals surface area contributed by atoms with Gasteiger partial charge in [0.15, 0.2) is 0 Å². The van der Waals surface area contributed by atoms with Gasteiger partial charge < -0.3 is 9.64 Å². The van der Waals surface area contributed by atoms with Crippen LogP contribution in [0.4, 0.5) is 0 Å². The van der Waals surface area contributed by atoms with Crippen molar-refractivity contribution in [1.29, 1.82) is 0 Å². The van der Waals surface area contributed by atoms with Gasteiger partial charge in [0.05, 0.1) is 6.26 Å². The van der Waals surface area contributed by atoms with E-state index in [1.807, 2.05) is 6.92 Å². The number of nitrogens with one attached hydrogen (secondary N) is 1. The van der Waals surface area contributed by atoms with E-state index in [1.165, 1.54) is 0 Å². The molecule has 0 unspecified atom stereocenters. The number of likely N-dealkylation sites (tertiary alicyclic amines) is 1. The van der Waals surface area contributed by atoms with Gasteiger partial charge in [0.25, 0.3) is 5.91 Å². The lowest BCUT2D eigenvalue weighted by atomic mass is 10.1. The molecule has 0 spiro atoms. The van der Waals surface area contributed by atoms with E-state index in [4.69, 9.17) is 4.74 Å². The SMILES string of the molecule is CCO[C@@H](C)C(=O)N1CCC(NS(C)(=O)=O)CC1. The maximum absolute atomic E-state index is 11.9. The Hall–Kier alpha value is -0.660. The van der Waals surface area contributed by atoms with Gasteiger partial charge in [-0.1, -0.05) is 0 Å². The van der Waals surface area contributed by atoms with Gasteiger partial charge in [-0.3, -0.25) is 4.79 Å². The first-order chi connectivity index (χ1) is 8.33. The van der Waals surface area contributed by atoms with Gasteiger partial charge >= 0.3 is 0 Å².